The predicted molar refractivity (Wildman–Crippen MR) is 180 cm³/mol. The van der Waals surface area contributed by atoms with E-state index in [0.717, 1.165) is 37.7 Å². The molecule has 4 fully saturated rings. The summed E-state index contributed by atoms with van der Waals surface area (Å²) in [4.78, 5) is 52.0. The molecule has 272 valence electrons. The number of hydrogen-bond donors (Lipinski definition) is 6. The summed E-state index contributed by atoms with van der Waals surface area (Å²) in [7, 11) is 0. The molecule has 4 aliphatic rings. The van der Waals surface area contributed by atoms with Gasteiger partial charge in [0.1, 0.15) is 12.1 Å². The number of nitrogens with one attached hydrogen (secondary N) is 1. The maximum atomic E-state index is 12.8. The maximum absolute atomic E-state index is 12.8. The van der Waals surface area contributed by atoms with Crippen molar-refractivity contribution >= 4 is 23.8 Å². The fraction of sp³-hybridized carbons (Fsp3) is 0.750. The zero-order valence-electron chi connectivity index (χ0n) is 28.8. The third-order valence-electron chi connectivity index (χ3n) is 12.8. The molecule has 13 nitrogen and oxygen atoms in total. The van der Waals surface area contributed by atoms with Gasteiger partial charge in [-0.05, 0) is 118 Å². The van der Waals surface area contributed by atoms with Crippen LogP contribution in [0.25, 0.3) is 0 Å². The van der Waals surface area contributed by atoms with E-state index in [4.69, 9.17) is 20.6 Å². The molecule has 8 N–H and O–H groups in total. The fourth-order valence-corrected chi connectivity index (χ4v) is 10.3. The third-order valence-corrected chi connectivity index (χ3v) is 12.8. The Morgan fingerprint density at radius 3 is 2.53 bits per heavy atom. The van der Waals surface area contributed by atoms with Crippen LogP contribution in [-0.2, 0) is 19.1 Å². The number of nitrogens with zero attached hydrogens (tertiary/aromatic N) is 1. The second-order valence-electron chi connectivity index (χ2n) is 15.5. The quantitative estimate of drug-likeness (QED) is 0.0765. The normalized spacial score (nSPS) is 35.6. The molecule has 1 aromatic rings. The van der Waals surface area contributed by atoms with Crippen LogP contribution in [0.5, 0.6) is 0 Å². The Hall–Kier alpha value is -3.45. The number of aliphatic imine (C=N–C) groups is 1. The van der Waals surface area contributed by atoms with Gasteiger partial charge in [-0.2, -0.15) is 0 Å². The number of hydrogen-bond acceptors (Lipinski definition) is 9. The van der Waals surface area contributed by atoms with Crippen LogP contribution in [0.4, 0.5) is 0 Å². The van der Waals surface area contributed by atoms with Crippen molar-refractivity contribution in [1.29, 1.82) is 0 Å². The lowest BCUT2D eigenvalue weighted by molar-refractivity contribution is -0.240. The number of esters is 1. The van der Waals surface area contributed by atoms with Crippen LogP contribution in [0.3, 0.4) is 0 Å². The number of guanidine groups is 1. The van der Waals surface area contributed by atoms with Gasteiger partial charge in [-0.15, -0.1) is 0 Å². The Kier molecular flexibility index (Phi) is 11.1. The summed E-state index contributed by atoms with van der Waals surface area (Å²) in [5.74, 6) is -1.75. The van der Waals surface area contributed by atoms with Gasteiger partial charge in [0, 0.05) is 30.9 Å². The van der Waals surface area contributed by atoms with Gasteiger partial charge in [0.15, 0.2) is 5.96 Å². The lowest BCUT2D eigenvalue weighted by Crippen LogP contribution is -2.66. The van der Waals surface area contributed by atoms with Crippen molar-refractivity contribution in [3.63, 3.8) is 0 Å². The maximum Gasteiger partial charge on any atom is 0.335 e. The summed E-state index contributed by atoms with van der Waals surface area (Å²) >= 11 is 0. The Morgan fingerprint density at radius 2 is 1.84 bits per heavy atom. The second kappa shape index (κ2) is 14.8. The van der Waals surface area contributed by atoms with E-state index in [0.29, 0.717) is 38.5 Å². The van der Waals surface area contributed by atoms with E-state index in [1.165, 1.54) is 12.3 Å². The minimum absolute atomic E-state index is 0.0120. The standard InChI is InChI=1S/C36H54N4O9/c1-34-15-13-23(49-30(44)8-4-3-7-28(42)40-26(32(45)46)6-5-17-39-33(37)38)18-22(34)10-11-25-31(34)27(41)19-35(2)24(14-16-36(25,35)47)21-9-12-29(43)48-20-21/h9,12,20,22-27,31,41,47H,3-8,10-11,13-19H2,1-2H3,(H,40,42)(H,45,46)(H4,37,38,39)/t22-,23+,24-,25-,26+,27-,31-,34+,35-,36+/m1/s1. The molecule has 13 heteroatoms. The van der Waals surface area contributed by atoms with Gasteiger partial charge in [-0.1, -0.05) is 13.8 Å². The summed E-state index contributed by atoms with van der Waals surface area (Å²) in [6, 6.07) is 2.19. The first-order valence-corrected chi connectivity index (χ1v) is 17.9. The van der Waals surface area contributed by atoms with E-state index in [1.54, 1.807) is 6.07 Å². The number of aliphatic hydroxyl groups excluding tert-OH is 1. The van der Waals surface area contributed by atoms with Crippen LogP contribution >= 0.6 is 0 Å². The number of amides is 1. The van der Waals surface area contributed by atoms with Gasteiger partial charge in [-0.3, -0.25) is 14.6 Å². The second-order valence-corrected chi connectivity index (χ2v) is 15.5. The summed E-state index contributed by atoms with van der Waals surface area (Å²) < 4.78 is 11.1. The molecule has 0 bridgehead atoms. The Bertz CT molecular complexity index is 1440. The zero-order chi connectivity index (χ0) is 35.6. The fourth-order valence-electron chi connectivity index (χ4n) is 10.3. The Morgan fingerprint density at radius 1 is 1.08 bits per heavy atom. The van der Waals surface area contributed by atoms with Gasteiger partial charge in [0.25, 0.3) is 0 Å². The van der Waals surface area contributed by atoms with E-state index in [9.17, 15) is 34.5 Å². The highest BCUT2D eigenvalue weighted by Crippen LogP contribution is 2.70. The molecule has 0 saturated heterocycles. The molecule has 0 aromatic carbocycles. The Balaban J connectivity index is 1.09. The van der Waals surface area contributed by atoms with E-state index >= 15 is 0 Å². The molecule has 0 aliphatic heterocycles. The summed E-state index contributed by atoms with van der Waals surface area (Å²) in [5, 5.41) is 36.2. The predicted octanol–water partition coefficient (Wildman–Crippen LogP) is 2.95. The summed E-state index contributed by atoms with van der Waals surface area (Å²) in [6.45, 7) is 4.62. The SMILES string of the molecule is C[C@]12CC[C@H](OC(=O)CCCCC(=O)N[C@@H](CCCN=C(N)N)C(=O)O)C[C@H]1CC[C@@H]1[C@@H]2[C@H](O)C[C@]2(C)[C@@H](c3ccc(=O)oc3)CC[C@]12O. The number of aliphatic hydroxyl groups is 2. The highest BCUT2D eigenvalue weighted by molar-refractivity contribution is 5.83. The molecule has 1 amide bonds. The first kappa shape index (κ1) is 36.8. The molecule has 1 aromatic heterocycles. The van der Waals surface area contributed by atoms with Gasteiger partial charge >= 0.3 is 17.6 Å². The number of carbonyl (C=O) groups excluding carboxylic acids is 2. The molecule has 49 heavy (non-hydrogen) atoms. The average Bonchev–Trinajstić information content (AvgIpc) is 3.31. The van der Waals surface area contributed by atoms with Crippen LogP contribution in [-0.4, -0.2) is 69.5 Å². The van der Waals surface area contributed by atoms with E-state index in [2.05, 4.69) is 24.2 Å². The number of carboxylic acids is 1. The molecule has 4 saturated carbocycles. The lowest BCUT2D eigenvalue weighted by Gasteiger charge is -2.65. The average molecular weight is 687 g/mol. The molecule has 1 heterocycles. The molecule has 10 atom stereocenters. The topological polar surface area (TPSA) is 228 Å². The number of nitrogens with two attached hydrogens (primary N) is 2. The van der Waals surface area contributed by atoms with Crippen LogP contribution in [0.2, 0.25) is 0 Å². The number of fused-ring (bicyclic) bond motifs is 5. The first-order valence-electron chi connectivity index (χ1n) is 17.9. The van der Waals surface area contributed by atoms with Crippen molar-refractivity contribution in [2.45, 2.75) is 134 Å². The van der Waals surface area contributed by atoms with Crippen molar-refractivity contribution in [2.75, 3.05) is 6.54 Å². The van der Waals surface area contributed by atoms with Crippen LogP contribution < -0.4 is 22.4 Å². The largest absolute Gasteiger partial charge is 0.480 e. The number of rotatable bonds is 13. The van der Waals surface area contributed by atoms with E-state index < -0.39 is 34.8 Å². The molecule has 5 rings (SSSR count). The van der Waals surface area contributed by atoms with Crippen molar-refractivity contribution in [3.8, 4) is 0 Å². The summed E-state index contributed by atoms with van der Waals surface area (Å²) in [5.41, 5.74) is 9.38. The number of unbranched alkanes of at least 4 members (excludes halogenated alkanes) is 1. The third kappa shape index (κ3) is 7.52. The van der Waals surface area contributed by atoms with Gasteiger partial charge in [-0.25, -0.2) is 9.59 Å². The van der Waals surface area contributed by atoms with Crippen LogP contribution in [0, 0.1) is 28.6 Å². The smallest absolute Gasteiger partial charge is 0.335 e. The monoisotopic (exact) mass is 686 g/mol. The zero-order valence-corrected chi connectivity index (χ0v) is 28.8. The number of carboxylic acid groups (broad SMARTS) is 1. The number of carbonyl (C=O) groups is 3. The number of aliphatic carboxylic acids is 1. The van der Waals surface area contributed by atoms with E-state index in [-0.39, 0.29) is 78.8 Å². The highest BCUT2D eigenvalue weighted by atomic mass is 16.5. The van der Waals surface area contributed by atoms with Crippen molar-refractivity contribution in [1.82, 2.24) is 5.32 Å². The van der Waals surface area contributed by atoms with Crippen molar-refractivity contribution in [2.24, 2.45) is 45.0 Å². The first-order chi connectivity index (χ1) is 23.2. The van der Waals surface area contributed by atoms with Crippen molar-refractivity contribution < 1.29 is 38.9 Å². The van der Waals surface area contributed by atoms with Gasteiger partial charge in [0.2, 0.25) is 5.91 Å². The van der Waals surface area contributed by atoms with Crippen LogP contribution in [0.1, 0.15) is 115 Å². The van der Waals surface area contributed by atoms with E-state index in [1.807, 2.05) is 0 Å². The summed E-state index contributed by atoms with van der Waals surface area (Å²) in [6.07, 6.45) is 8.27. The highest BCUT2D eigenvalue weighted by Gasteiger charge is 2.69. The van der Waals surface area contributed by atoms with Crippen LogP contribution in [0.15, 0.2) is 32.6 Å². The number of ether oxygens (including phenoxy) is 1. The molecular weight excluding hydrogens is 632 g/mol. The minimum Gasteiger partial charge on any atom is -0.480 e. The molecule has 4 aliphatic carbocycles. The molecule has 0 spiro atoms. The van der Waals surface area contributed by atoms with Gasteiger partial charge in [0.05, 0.1) is 18.0 Å². The molecular formula is C36H54N4O9. The lowest BCUT2D eigenvalue weighted by atomic mass is 9.42. The van der Waals surface area contributed by atoms with Gasteiger partial charge < -0.3 is 41.3 Å². The Labute approximate surface area is 287 Å². The van der Waals surface area contributed by atoms with Crippen molar-refractivity contribution in [3.05, 3.63) is 34.4 Å². The molecule has 0 radical (unpaired) electrons. The minimum atomic E-state index is -1.13. The molecule has 0 unspecified atom stereocenters.